The molecular weight excluding hydrogens is 292 g/mol. The second kappa shape index (κ2) is 5.54. The van der Waals surface area contributed by atoms with Crippen molar-refractivity contribution in [3.63, 3.8) is 0 Å². The normalized spacial score (nSPS) is 10.9. The molecule has 22 heavy (non-hydrogen) atoms. The van der Waals surface area contributed by atoms with E-state index in [9.17, 15) is 4.79 Å². The van der Waals surface area contributed by atoms with Gasteiger partial charge in [0, 0.05) is 5.56 Å². The van der Waals surface area contributed by atoms with Crippen LogP contribution >= 0.6 is 11.3 Å². The highest BCUT2D eigenvalue weighted by Crippen LogP contribution is 2.30. The summed E-state index contributed by atoms with van der Waals surface area (Å²) in [6.45, 7) is 8.17. The Morgan fingerprint density at radius 2 is 1.77 bits per heavy atom. The van der Waals surface area contributed by atoms with E-state index >= 15 is 0 Å². The molecule has 3 nitrogen and oxygen atoms in total. The van der Waals surface area contributed by atoms with Crippen LogP contribution in [0.2, 0.25) is 0 Å². The third kappa shape index (κ3) is 2.74. The molecule has 0 saturated heterocycles. The van der Waals surface area contributed by atoms with Gasteiger partial charge in [0.2, 0.25) is 0 Å². The number of carbonyl (C=O) groups is 1. The monoisotopic (exact) mass is 310 g/mol. The van der Waals surface area contributed by atoms with E-state index in [1.54, 1.807) is 0 Å². The van der Waals surface area contributed by atoms with E-state index in [1.165, 1.54) is 28.0 Å². The molecule has 0 aliphatic carbocycles. The van der Waals surface area contributed by atoms with E-state index in [0.717, 1.165) is 15.8 Å². The number of nitrogens with one attached hydrogen (secondary N) is 1. The van der Waals surface area contributed by atoms with Crippen molar-refractivity contribution in [2.75, 3.05) is 5.32 Å². The number of anilines is 1. The van der Waals surface area contributed by atoms with Gasteiger partial charge in [-0.05, 0) is 68.1 Å². The molecule has 0 radical (unpaired) electrons. The Labute approximate surface area is 134 Å². The number of thiazole rings is 1. The lowest BCUT2D eigenvalue weighted by Gasteiger charge is -2.04. The molecule has 0 fully saturated rings. The maximum Gasteiger partial charge on any atom is 0.257 e. The number of benzene rings is 2. The number of aryl methyl sites for hydroxylation is 4. The highest BCUT2D eigenvalue weighted by Gasteiger charge is 2.12. The minimum absolute atomic E-state index is 0.114. The summed E-state index contributed by atoms with van der Waals surface area (Å²) in [5, 5.41) is 3.55. The van der Waals surface area contributed by atoms with Crippen LogP contribution in [-0.2, 0) is 0 Å². The average Bonchev–Trinajstić information content (AvgIpc) is 2.84. The van der Waals surface area contributed by atoms with Crippen LogP contribution < -0.4 is 5.32 Å². The highest BCUT2D eigenvalue weighted by molar-refractivity contribution is 7.22. The molecule has 1 heterocycles. The quantitative estimate of drug-likeness (QED) is 0.740. The number of hydrogen-bond acceptors (Lipinski definition) is 3. The van der Waals surface area contributed by atoms with Crippen LogP contribution in [0.25, 0.3) is 10.2 Å². The van der Waals surface area contributed by atoms with Gasteiger partial charge in [-0.3, -0.25) is 10.1 Å². The lowest BCUT2D eigenvalue weighted by atomic mass is 10.1. The van der Waals surface area contributed by atoms with E-state index in [0.29, 0.717) is 10.7 Å². The van der Waals surface area contributed by atoms with Gasteiger partial charge in [-0.2, -0.15) is 0 Å². The van der Waals surface area contributed by atoms with Crippen molar-refractivity contribution in [1.29, 1.82) is 0 Å². The maximum absolute atomic E-state index is 12.4. The molecule has 4 heteroatoms. The molecule has 0 unspecified atom stereocenters. The minimum Gasteiger partial charge on any atom is -0.298 e. The number of fused-ring (bicyclic) bond motifs is 1. The topological polar surface area (TPSA) is 42.0 Å². The molecule has 112 valence electrons. The van der Waals surface area contributed by atoms with Gasteiger partial charge in [0.05, 0.1) is 10.2 Å². The summed E-state index contributed by atoms with van der Waals surface area (Å²) in [6, 6.07) is 9.91. The summed E-state index contributed by atoms with van der Waals surface area (Å²) >= 11 is 1.52. The van der Waals surface area contributed by atoms with Crippen LogP contribution in [0, 0.1) is 27.7 Å². The van der Waals surface area contributed by atoms with Gasteiger partial charge in [0.25, 0.3) is 5.91 Å². The third-order valence-electron chi connectivity index (χ3n) is 3.81. The fourth-order valence-electron chi connectivity index (χ4n) is 2.48. The van der Waals surface area contributed by atoms with Crippen molar-refractivity contribution in [1.82, 2.24) is 4.98 Å². The van der Waals surface area contributed by atoms with Gasteiger partial charge >= 0.3 is 0 Å². The first-order valence-corrected chi connectivity index (χ1v) is 8.02. The zero-order valence-corrected chi connectivity index (χ0v) is 14.0. The molecule has 0 atom stereocenters. The number of carbonyl (C=O) groups excluding carboxylic acids is 1. The van der Waals surface area contributed by atoms with Crippen molar-refractivity contribution in [2.45, 2.75) is 27.7 Å². The summed E-state index contributed by atoms with van der Waals surface area (Å²) in [7, 11) is 0. The van der Waals surface area contributed by atoms with Crippen LogP contribution in [0.5, 0.6) is 0 Å². The largest absolute Gasteiger partial charge is 0.298 e. The summed E-state index contributed by atoms with van der Waals surface area (Å²) in [5.74, 6) is -0.114. The van der Waals surface area contributed by atoms with Crippen molar-refractivity contribution >= 4 is 32.6 Å². The Kier molecular flexibility index (Phi) is 3.71. The molecular formula is C18H18N2OS. The SMILES string of the molecule is Cc1cc(C)c2sc(NC(=O)c3ccc(C)c(C)c3)nc2c1. The highest BCUT2D eigenvalue weighted by atomic mass is 32.1. The molecule has 1 aromatic heterocycles. The lowest BCUT2D eigenvalue weighted by Crippen LogP contribution is -2.11. The van der Waals surface area contributed by atoms with E-state index in [2.05, 4.69) is 30.2 Å². The molecule has 3 aromatic rings. The van der Waals surface area contributed by atoms with Crippen molar-refractivity contribution in [2.24, 2.45) is 0 Å². The fraction of sp³-hybridized carbons (Fsp3) is 0.222. The molecule has 0 bridgehead atoms. The van der Waals surface area contributed by atoms with Crippen molar-refractivity contribution in [3.8, 4) is 0 Å². The zero-order valence-electron chi connectivity index (χ0n) is 13.2. The van der Waals surface area contributed by atoms with Crippen LogP contribution in [-0.4, -0.2) is 10.9 Å². The molecule has 3 rings (SSSR count). The number of hydrogen-bond donors (Lipinski definition) is 1. The van der Waals surface area contributed by atoms with Crippen LogP contribution in [0.1, 0.15) is 32.6 Å². The molecule has 1 amide bonds. The Hall–Kier alpha value is -2.20. The van der Waals surface area contributed by atoms with Crippen LogP contribution in [0.15, 0.2) is 30.3 Å². The van der Waals surface area contributed by atoms with Gasteiger partial charge in [-0.1, -0.05) is 23.5 Å². The smallest absolute Gasteiger partial charge is 0.257 e. The lowest BCUT2D eigenvalue weighted by molar-refractivity contribution is 0.102. The summed E-state index contributed by atoms with van der Waals surface area (Å²) in [6.07, 6.45) is 0. The predicted octanol–water partition coefficient (Wildman–Crippen LogP) is 4.78. The summed E-state index contributed by atoms with van der Waals surface area (Å²) < 4.78 is 1.13. The van der Waals surface area contributed by atoms with E-state index in [4.69, 9.17) is 0 Å². The number of aromatic nitrogens is 1. The minimum atomic E-state index is -0.114. The molecule has 0 aliphatic heterocycles. The Morgan fingerprint density at radius 3 is 2.50 bits per heavy atom. The first-order chi connectivity index (χ1) is 10.4. The molecule has 0 spiro atoms. The second-order valence-electron chi connectivity index (χ2n) is 5.70. The molecule has 0 saturated carbocycles. The van der Waals surface area contributed by atoms with E-state index in [1.807, 2.05) is 38.1 Å². The fourth-order valence-corrected chi connectivity index (χ4v) is 3.39. The van der Waals surface area contributed by atoms with Crippen molar-refractivity contribution in [3.05, 3.63) is 58.1 Å². The standard InChI is InChI=1S/C18H18N2OS/c1-10-7-13(4)16-15(8-10)19-18(22-16)20-17(21)14-6-5-11(2)12(3)9-14/h5-9H,1-4H3,(H,19,20,21). The van der Waals surface area contributed by atoms with Gasteiger partial charge < -0.3 is 0 Å². The third-order valence-corrected chi connectivity index (χ3v) is 4.93. The Bertz CT molecular complexity index is 880. The zero-order chi connectivity index (χ0) is 15.9. The first-order valence-electron chi connectivity index (χ1n) is 7.20. The average molecular weight is 310 g/mol. The van der Waals surface area contributed by atoms with Crippen molar-refractivity contribution < 1.29 is 4.79 Å². The molecule has 2 aromatic carbocycles. The van der Waals surface area contributed by atoms with Gasteiger partial charge in [-0.25, -0.2) is 4.98 Å². The molecule has 1 N–H and O–H groups in total. The first kappa shape index (κ1) is 14.7. The second-order valence-corrected chi connectivity index (χ2v) is 6.70. The predicted molar refractivity (Wildman–Crippen MR) is 93.0 cm³/mol. The summed E-state index contributed by atoms with van der Waals surface area (Å²) in [4.78, 5) is 16.9. The van der Waals surface area contributed by atoms with Crippen LogP contribution in [0.4, 0.5) is 5.13 Å². The van der Waals surface area contributed by atoms with Gasteiger partial charge in [0.1, 0.15) is 0 Å². The number of amides is 1. The van der Waals surface area contributed by atoms with Gasteiger partial charge in [-0.15, -0.1) is 0 Å². The Balaban J connectivity index is 1.90. The number of nitrogens with zero attached hydrogens (tertiary/aromatic N) is 1. The van der Waals surface area contributed by atoms with E-state index in [-0.39, 0.29) is 5.91 Å². The van der Waals surface area contributed by atoms with Gasteiger partial charge in [0.15, 0.2) is 5.13 Å². The van der Waals surface area contributed by atoms with Crippen LogP contribution in [0.3, 0.4) is 0 Å². The summed E-state index contributed by atoms with van der Waals surface area (Å²) in [5.41, 5.74) is 6.28. The Morgan fingerprint density at radius 1 is 1.00 bits per heavy atom. The molecule has 0 aliphatic rings. The maximum atomic E-state index is 12.4. The number of rotatable bonds is 2. The van der Waals surface area contributed by atoms with E-state index < -0.39 is 0 Å².